The van der Waals surface area contributed by atoms with Crippen LogP contribution in [0.5, 0.6) is 0 Å². The molecule has 0 spiro atoms. The maximum atomic E-state index is 11.2. The van der Waals surface area contributed by atoms with Gasteiger partial charge in [0, 0.05) is 13.8 Å². The second-order valence-corrected chi connectivity index (χ2v) is 6.28. The molecule has 118 valence electrons. The van der Waals surface area contributed by atoms with Gasteiger partial charge in [-0.15, -0.1) is 0 Å². The molecule has 0 radical (unpaired) electrons. The van der Waals surface area contributed by atoms with Crippen molar-refractivity contribution < 1.29 is 51.7 Å². The number of hydrogen-bond donors (Lipinski definition) is 2. The monoisotopic (exact) mass is 348 g/mol. The molecular formula is C12H17N6NaO3S+2. The van der Waals surface area contributed by atoms with Gasteiger partial charge in [0.2, 0.25) is 5.82 Å². The van der Waals surface area contributed by atoms with Gasteiger partial charge >= 0.3 is 29.6 Å². The summed E-state index contributed by atoms with van der Waals surface area (Å²) in [6.45, 7) is 3.68. The van der Waals surface area contributed by atoms with Crippen molar-refractivity contribution >= 4 is 21.8 Å². The molecule has 0 aliphatic heterocycles. The standard InChI is InChI=1S/C12H16N6O3S.Na/c1-7-15-11(13)9(4-17(7)3)5-18-6-10(22(19,20)21)12(14)16-8(18)2;/h4,6,13-14H,5H2,1-3H3,(H,19,20,21);/q;+1/p+1. The summed E-state index contributed by atoms with van der Waals surface area (Å²) < 4.78 is 36.9. The number of nitrogens with zero attached hydrogens (tertiary/aromatic N) is 4. The average Bonchev–Trinajstić information content (AvgIpc) is 2.37. The molecule has 0 amide bonds. The molecule has 0 unspecified atom stereocenters. The molecule has 0 saturated carbocycles. The first-order valence-corrected chi connectivity index (χ1v) is 7.74. The van der Waals surface area contributed by atoms with Crippen LogP contribution in [0.3, 0.4) is 0 Å². The minimum Gasteiger partial charge on any atom is -0.744 e. The first-order valence-electron chi connectivity index (χ1n) is 6.33. The van der Waals surface area contributed by atoms with E-state index in [1.165, 1.54) is 10.8 Å². The zero-order valence-corrected chi connectivity index (χ0v) is 16.3. The minimum absolute atomic E-state index is 0. The number of nitrogens with two attached hydrogens (primary N) is 2. The van der Waals surface area contributed by atoms with E-state index in [1.54, 1.807) is 17.7 Å². The summed E-state index contributed by atoms with van der Waals surface area (Å²) >= 11 is 0. The van der Waals surface area contributed by atoms with E-state index in [-0.39, 0.29) is 41.9 Å². The molecule has 0 fully saturated rings. The number of rotatable bonds is 3. The van der Waals surface area contributed by atoms with Crippen LogP contribution in [0.2, 0.25) is 0 Å². The van der Waals surface area contributed by atoms with Crippen LogP contribution < -0.4 is 50.2 Å². The zero-order valence-electron chi connectivity index (χ0n) is 13.4. The molecule has 2 heterocycles. The Morgan fingerprint density at radius 3 is 2.26 bits per heavy atom. The Hall–Kier alpha value is -1.33. The van der Waals surface area contributed by atoms with Gasteiger partial charge in [-0.2, -0.15) is 0 Å². The van der Waals surface area contributed by atoms with Gasteiger partial charge in [-0.25, -0.2) is 17.6 Å². The molecule has 0 aromatic carbocycles. The first-order chi connectivity index (χ1) is 10.1. The van der Waals surface area contributed by atoms with Crippen molar-refractivity contribution in [3.63, 3.8) is 0 Å². The molecule has 11 heteroatoms. The van der Waals surface area contributed by atoms with Crippen molar-refractivity contribution in [3.05, 3.63) is 29.6 Å². The van der Waals surface area contributed by atoms with Crippen molar-refractivity contribution in [2.24, 2.45) is 7.05 Å². The van der Waals surface area contributed by atoms with E-state index in [4.69, 9.17) is 11.5 Å². The van der Waals surface area contributed by atoms with Gasteiger partial charge in [0.15, 0.2) is 4.90 Å². The predicted octanol–water partition coefficient (Wildman–Crippen LogP) is -4.67. The molecule has 0 saturated heterocycles. The van der Waals surface area contributed by atoms with Crippen LogP contribution in [-0.4, -0.2) is 22.9 Å². The fraction of sp³-hybridized carbons (Fsp3) is 0.333. The largest absolute Gasteiger partial charge is 1.00 e. The second-order valence-electron chi connectivity index (χ2n) is 4.93. The second kappa shape index (κ2) is 7.05. The van der Waals surface area contributed by atoms with Crippen molar-refractivity contribution in [1.82, 2.24) is 9.97 Å². The fourth-order valence-electron chi connectivity index (χ4n) is 1.97. The molecule has 0 aliphatic carbocycles. The van der Waals surface area contributed by atoms with E-state index in [0.29, 0.717) is 17.2 Å². The Labute approximate surface area is 156 Å². The Balaban J connectivity index is 0.00000264. The van der Waals surface area contributed by atoms with E-state index >= 15 is 0 Å². The van der Waals surface area contributed by atoms with E-state index in [0.717, 1.165) is 5.82 Å². The SMILES string of the molecule is Cc1nc(N)c(C[n+]2cc(S(=O)(=O)[O-])c(N)nc2C)c[n+]1C.[Na+]. The normalized spacial score (nSPS) is 11.1. The Morgan fingerprint density at radius 2 is 1.70 bits per heavy atom. The van der Waals surface area contributed by atoms with E-state index in [9.17, 15) is 13.0 Å². The Morgan fingerprint density at radius 1 is 1.13 bits per heavy atom. The average molecular weight is 348 g/mol. The zero-order chi connectivity index (χ0) is 16.7. The molecule has 2 aromatic heterocycles. The van der Waals surface area contributed by atoms with Crippen molar-refractivity contribution in [2.75, 3.05) is 11.5 Å². The molecule has 2 rings (SSSR count). The van der Waals surface area contributed by atoms with Gasteiger partial charge in [-0.05, 0) is 9.97 Å². The van der Waals surface area contributed by atoms with Crippen molar-refractivity contribution in [1.29, 1.82) is 0 Å². The smallest absolute Gasteiger partial charge is 0.744 e. The number of aryl methyl sites for hydroxylation is 3. The summed E-state index contributed by atoms with van der Waals surface area (Å²) in [4.78, 5) is 7.53. The van der Waals surface area contributed by atoms with Crippen LogP contribution in [0.25, 0.3) is 0 Å². The summed E-state index contributed by atoms with van der Waals surface area (Å²) in [6, 6.07) is 0. The molecule has 4 N–H and O–H groups in total. The summed E-state index contributed by atoms with van der Waals surface area (Å²) in [6.07, 6.45) is 2.95. The van der Waals surface area contributed by atoms with Crippen molar-refractivity contribution in [3.8, 4) is 0 Å². The van der Waals surface area contributed by atoms with Gasteiger partial charge < -0.3 is 16.0 Å². The van der Waals surface area contributed by atoms with E-state index < -0.39 is 15.0 Å². The fourth-order valence-corrected chi connectivity index (χ4v) is 2.53. The summed E-state index contributed by atoms with van der Waals surface area (Å²) in [5.74, 6) is 1.20. The third-order valence-corrected chi connectivity index (χ3v) is 4.16. The molecule has 0 atom stereocenters. The van der Waals surface area contributed by atoms with E-state index in [1.807, 2.05) is 14.0 Å². The topological polar surface area (TPSA) is 143 Å². The summed E-state index contributed by atoms with van der Waals surface area (Å²) in [7, 11) is -2.88. The first kappa shape index (κ1) is 19.7. The Kier molecular flexibility index (Phi) is 6.05. The molecule has 0 bridgehead atoms. The van der Waals surface area contributed by atoms with Crippen LogP contribution >= 0.6 is 0 Å². The third kappa shape index (κ3) is 4.36. The van der Waals surface area contributed by atoms with Crippen LogP contribution in [0, 0.1) is 13.8 Å². The van der Waals surface area contributed by atoms with Crippen LogP contribution in [0.1, 0.15) is 17.2 Å². The molecule has 2 aromatic rings. The maximum absolute atomic E-state index is 11.2. The van der Waals surface area contributed by atoms with Gasteiger partial charge in [-0.3, -0.25) is 0 Å². The van der Waals surface area contributed by atoms with Gasteiger partial charge in [-0.1, -0.05) is 0 Å². The van der Waals surface area contributed by atoms with Crippen LogP contribution in [0.4, 0.5) is 11.6 Å². The van der Waals surface area contributed by atoms with Gasteiger partial charge in [0.25, 0.3) is 17.5 Å². The van der Waals surface area contributed by atoms with E-state index in [2.05, 4.69) is 9.97 Å². The quantitative estimate of drug-likeness (QED) is 0.322. The molecular weight excluding hydrogens is 331 g/mol. The minimum atomic E-state index is -4.70. The molecule has 0 aliphatic rings. The Bertz CT molecular complexity index is 856. The predicted molar refractivity (Wildman–Crippen MR) is 75.2 cm³/mol. The van der Waals surface area contributed by atoms with Gasteiger partial charge in [0.1, 0.15) is 34.6 Å². The maximum Gasteiger partial charge on any atom is 1.00 e. The number of aromatic nitrogens is 4. The number of hydrogen-bond acceptors (Lipinski definition) is 7. The van der Waals surface area contributed by atoms with Crippen LogP contribution in [0.15, 0.2) is 17.3 Å². The molecule has 9 nitrogen and oxygen atoms in total. The third-order valence-electron chi connectivity index (χ3n) is 3.30. The van der Waals surface area contributed by atoms with Crippen LogP contribution in [-0.2, 0) is 23.7 Å². The summed E-state index contributed by atoms with van der Waals surface area (Å²) in [5, 5.41) is 0. The van der Waals surface area contributed by atoms with Gasteiger partial charge in [0.05, 0.1) is 7.05 Å². The van der Waals surface area contributed by atoms with Crippen molar-refractivity contribution in [2.45, 2.75) is 25.3 Å². The summed E-state index contributed by atoms with van der Waals surface area (Å²) in [5.41, 5.74) is 12.0. The number of nitrogen functional groups attached to an aromatic ring is 2. The molecule has 23 heavy (non-hydrogen) atoms. The number of anilines is 2.